The van der Waals surface area contributed by atoms with Gasteiger partial charge in [-0.2, -0.15) is 0 Å². The highest BCUT2D eigenvalue weighted by molar-refractivity contribution is 5.89. The third-order valence-corrected chi connectivity index (χ3v) is 3.11. The van der Waals surface area contributed by atoms with Crippen molar-refractivity contribution in [1.29, 1.82) is 0 Å². The summed E-state index contributed by atoms with van der Waals surface area (Å²) in [6.45, 7) is 0. The number of halogens is 1. The molecule has 3 aromatic rings. The lowest BCUT2D eigenvalue weighted by Gasteiger charge is -2.10. The van der Waals surface area contributed by atoms with E-state index in [1.807, 2.05) is 0 Å². The zero-order valence-electron chi connectivity index (χ0n) is 10.7. The number of rotatable bonds is 2. The molecule has 0 fully saturated rings. The molecule has 1 N–H and O–H groups in total. The molecule has 0 unspecified atom stereocenters. The van der Waals surface area contributed by atoms with Crippen molar-refractivity contribution in [2.75, 3.05) is 7.11 Å². The summed E-state index contributed by atoms with van der Waals surface area (Å²) in [5.74, 6) is 0.0122. The summed E-state index contributed by atoms with van der Waals surface area (Å²) < 4.78 is 19.2. The van der Waals surface area contributed by atoms with Crippen LogP contribution in [0.5, 0.6) is 5.75 Å². The minimum atomic E-state index is -0.461. The lowest BCUT2D eigenvalue weighted by molar-refractivity contribution is 0.416. The lowest BCUT2D eigenvalue weighted by Crippen LogP contribution is -2.05. The number of hydrogen-bond acceptors (Lipinski definition) is 3. The zero-order chi connectivity index (χ0) is 14.1. The number of hydrogen-bond donors (Lipinski definition) is 1. The number of benzene rings is 1. The normalized spacial score (nSPS) is 10.7. The Morgan fingerprint density at radius 2 is 2.15 bits per heavy atom. The van der Waals surface area contributed by atoms with Crippen molar-refractivity contribution in [1.82, 2.24) is 9.97 Å². The first-order valence-electron chi connectivity index (χ1n) is 6.01. The summed E-state index contributed by atoms with van der Waals surface area (Å²) in [5, 5.41) is 1.19. The molecule has 2 aromatic heterocycles. The molecule has 3 rings (SSSR count). The summed E-state index contributed by atoms with van der Waals surface area (Å²) >= 11 is 0. The molecule has 0 spiro atoms. The van der Waals surface area contributed by atoms with Crippen LogP contribution in [0.4, 0.5) is 4.39 Å². The van der Waals surface area contributed by atoms with Crippen LogP contribution in [-0.4, -0.2) is 17.1 Å². The van der Waals surface area contributed by atoms with Gasteiger partial charge in [-0.15, -0.1) is 0 Å². The molecule has 0 radical (unpaired) electrons. The number of aromatic nitrogens is 2. The molecular formula is C15H11FN2O2. The molecule has 20 heavy (non-hydrogen) atoms. The van der Waals surface area contributed by atoms with Gasteiger partial charge >= 0.3 is 0 Å². The van der Waals surface area contributed by atoms with E-state index < -0.39 is 5.82 Å². The molecule has 0 aliphatic carbocycles. The Hall–Kier alpha value is -2.69. The van der Waals surface area contributed by atoms with Crippen LogP contribution in [0.1, 0.15) is 0 Å². The van der Waals surface area contributed by atoms with Crippen LogP contribution in [-0.2, 0) is 0 Å². The number of H-pyrrole nitrogens is 1. The van der Waals surface area contributed by atoms with Gasteiger partial charge in [-0.1, -0.05) is 0 Å². The number of methoxy groups -OCH3 is 1. The van der Waals surface area contributed by atoms with Gasteiger partial charge in [0.15, 0.2) is 0 Å². The molecule has 0 saturated carbocycles. The standard InChI is InChI=1S/C15H11FN2O2/c1-20-13-7-9-4-6-18-15(19)10(9)8-11(13)14-12(16)3-2-5-17-14/h2-8H,1H3,(H,18,19). The van der Waals surface area contributed by atoms with Gasteiger partial charge in [0.25, 0.3) is 5.56 Å². The number of nitrogens with zero attached hydrogens (tertiary/aromatic N) is 1. The first-order valence-corrected chi connectivity index (χ1v) is 6.01. The van der Waals surface area contributed by atoms with Crippen molar-refractivity contribution in [3.8, 4) is 17.0 Å². The van der Waals surface area contributed by atoms with Gasteiger partial charge in [-0.3, -0.25) is 9.78 Å². The highest BCUT2D eigenvalue weighted by Crippen LogP contribution is 2.33. The van der Waals surface area contributed by atoms with Gasteiger partial charge in [0, 0.05) is 23.3 Å². The van der Waals surface area contributed by atoms with Gasteiger partial charge in [0.05, 0.1) is 7.11 Å². The first-order chi connectivity index (χ1) is 9.70. The molecule has 0 bridgehead atoms. The number of aromatic amines is 1. The predicted octanol–water partition coefficient (Wildman–Crippen LogP) is 2.74. The fourth-order valence-corrected chi connectivity index (χ4v) is 2.15. The van der Waals surface area contributed by atoms with E-state index in [2.05, 4.69) is 9.97 Å². The van der Waals surface area contributed by atoms with E-state index in [9.17, 15) is 9.18 Å². The molecule has 0 aliphatic rings. The number of pyridine rings is 2. The topological polar surface area (TPSA) is 55.0 Å². The quantitative estimate of drug-likeness (QED) is 0.779. The Bertz CT molecular complexity index is 843. The minimum absolute atomic E-state index is 0.162. The van der Waals surface area contributed by atoms with Crippen molar-refractivity contribution >= 4 is 10.8 Å². The number of ether oxygens (including phenoxy) is 1. The fourth-order valence-electron chi connectivity index (χ4n) is 2.15. The van der Waals surface area contributed by atoms with E-state index >= 15 is 0 Å². The van der Waals surface area contributed by atoms with Crippen molar-refractivity contribution in [2.24, 2.45) is 0 Å². The maximum Gasteiger partial charge on any atom is 0.255 e. The van der Waals surface area contributed by atoms with E-state index in [0.29, 0.717) is 16.7 Å². The third-order valence-electron chi connectivity index (χ3n) is 3.11. The number of fused-ring (bicyclic) bond motifs is 1. The van der Waals surface area contributed by atoms with Gasteiger partial charge in [-0.25, -0.2) is 4.39 Å². The minimum Gasteiger partial charge on any atom is -0.496 e. The van der Waals surface area contributed by atoms with E-state index in [0.717, 1.165) is 5.39 Å². The average molecular weight is 270 g/mol. The predicted molar refractivity (Wildman–Crippen MR) is 74.3 cm³/mol. The SMILES string of the molecule is COc1cc2cc[nH]c(=O)c2cc1-c1ncccc1F. The van der Waals surface area contributed by atoms with Crippen LogP contribution in [0.2, 0.25) is 0 Å². The van der Waals surface area contributed by atoms with Gasteiger partial charge < -0.3 is 9.72 Å². The number of nitrogens with one attached hydrogen (secondary N) is 1. The van der Waals surface area contributed by atoms with Crippen molar-refractivity contribution < 1.29 is 9.13 Å². The maximum absolute atomic E-state index is 13.9. The van der Waals surface area contributed by atoms with Crippen LogP contribution in [0.3, 0.4) is 0 Å². The third kappa shape index (κ3) is 1.93. The zero-order valence-corrected chi connectivity index (χ0v) is 10.7. The lowest BCUT2D eigenvalue weighted by atomic mass is 10.0. The van der Waals surface area contributed by atoms with E-state index in [1.165, 1.54) is 25.4 Å². The molecule has 0 atom stereocenters. The molecular weight excluding hydrogens is 259 g/mol. The monoisotopic (exact) mass is 270 g/mol. The molecule has 0 saturated heterocycles. The smallest absolute Gasteiger partial charge is 0.255 e. The van der Waals surface area contributed by atoms with Crippen molar-refractivity contribution in [3.63, 3.8) is 0 Å². The Kier molecular flexibility index (Phi) is 2.95. The largest absolute Gasteiger partial charge is 0.496 e. The van der Waals surface area contributed by atoms with Crippen LogP contribution >= 0.6 is 0 Å². The second-order valence-corrected chi connectivity index (χ2v) is 4.28. The first kappa shape index (κ1) is 12.3. The second-order valence-electron chi connectivity index (χ2n) is 4.28. The Labute approximate surface area is 113 Å². The Balaban J connectivity index is 2.37. The van der Waals surface area contributed by atoms with E-state index in [-0.39, 0.29) is 11.3 Å². The van der Waals surface area contributed by atoms with E-state index in [4.69, 9.17) is 4.74 Å². The molecule has 100 valence electrons. The summed E-state index contributed by atoms with van der Waals surface area (Å²) in [6, 6.07) is 7.89. The molecule has 4 nitrogen and oxygen atoms in total. The summed E-state index contributed by atoms with van der Waals surface area (Å²) in [4.78, 5) is 18.5. The van der Waals surface area contributed by atoms with Gasteiger partial charge in [0.1, 0.15) is 17.3 Å². The molecule has 2 heterocycles. The average Bonchev–Trinajstić information content (AvgIpc) is 2.47. The Morgan fingerprint density at radius 1 is 1.30 bits per heavy atom. The maximum atomic E-state index is 13.9. The van der Waals surface area contributed by atoms with Crippen LogP contribution in [0, 0.1) is 5.82 Å². The molecule has 0 aliphatic heterocycles. The van der Waals surface area contributed by atoms with Gasteiger partial charge in [0.2, 0.25) is 0 Å². The summed E-state index contributed by atoms with van der Waals surface area (Å²) in [6.07, 6.45) is 3.06. The van der Waals surface area contributed by atoms with E-state index in [1.54, 1.807) is 24.4 Å². The van der Waals surface area contributed by atoms with Crippen LogP contribution in [0.25, 0.3) is 22.0 Å². The van der Waals surface area contributed by atoms with Gasteiger partial charge in [-0.05, 0) is 35.7 Å². The summed E-state index contributed by atoms with van der Waals surface area (Å²) in [5.41, 5.74) is 0.382. The van der Waals surface area contributed by atoms with Crippen LogP contribution < -0.4 is 10.3 Å². The summed E-state index contributed by atoms with van der Waals surface area (Å²) in [7, 11) is 1.50. The van der Waals surface area contributed by atoms with Crippen LogP contribution in [0.15, 0.2) is 47.5 Å². The second kappa shape index (κ2) is 4.77. The molecule has 0 amide bonds. The van der Waals surface area contributed by atoms with Crippen molar-refractivity contribution in [3.05, 3.63) is 58.9 Å². The molecule has 1 aromatic carbocycles. The fraction of sp³-hybridized carbons (Fsp3) is 0.0667. The van der Waals surface area contributed by atoms with Crippen molar-refractivity contribution in [2.45, 2.75) is 0 Å². The molecule has 5 heteroatoms. The highest BCUT2D eigenvalue weighted by Gasteiger charge is 2.14. The Morgan fingerprint density at radius 3 is 2.90 bits per heavy atom. The highest BCUT2D eigenvalue weighted by atomic mass is 19.1.